The number of hydrogen-bond acceptors (Lipinski definition) is 5. The lowest BCUT2D eigenvalue weighted by Gasteiger charge is -2.34. The molecule has 2 aliphatic rings. The lowest BCUT2D eigenvalue weighted by atomic mass is 9.85. The number of piperidine rings is 1. The number of halogens is 1. The van der Waals surface area contributed by atoms with Crippen molar-refractivity contribution < 1.29 is 18.8 Å². The number of carbonyl (C=O) groups is 3. The van der Waals surface area contributed by atoms with Crippen LogP contribution in [0.1, 0.15) is 109 Å². The van der Waals surface area contributed by atoms with Gasteiger partial charge in [-0.15, -0.1) is 0 Å². The molecule has 0 bridgehead atoms. The molecule has 1 saturated carbocycles. The standard InChI is InChI=1S/C38H46FN3O3/c1-27-9-5-6-14-35(27)42-23-20-28(21-24-42)16-17-30-18-19-31(26-34(30)41-38(45)37-33(39)13-8-22-40-37)36(44)15-4-2-3-10-29-11-7-12-32(43)25-29/h5-6,8-9,13-14,18-19,22,26,28-29H,2-4,7,10-12,15-17,20-21,23-25H2,1H3,(H,41,45). The van der Waals surface area contributed by atoms with Crippen LogP contribution in [0.4, 0.5) is 15.8 Å². The Morgan fingerprint density at radius 1 is 0.956 bits per heavy atom. The van der Waals surface area contributed by atoms with Crippen LogP contribution in [-0.4, -0.2) is 35.5 Å². The van der Waals surface area contributed by atoms with E-state index in [4.69, 9.17) is 0 Å². The smallest absolute Gasteiger partial charge is 0.277 e. The molecule has 3 aromatic rings. The summed E-state index contributed by atoms with van der Waals surface area (Å²) in [5.74, 6) is 0.202. The monoisotopic (exact) mass is 611 g/mol. The van der Waals surface area contributed by atoms with Gasteiger partial charge in [0, 0.05) is 55.5 Å². The first-order valence-corrected chi connectivity index (χ1v) is 16.8. The number of nitrogens with one attached hydrogen (secondary N) is 1. The first-order valence-electron chi connectivity index (χ1n) is 16.8. The highest BCUT2D eigenvalue weighted by atomic mass is 19.1. The van der Waals surface area contributed by atoms with Crippen molar-refractivity contribution in [1.82, 2.24) is 4.98 Å². The van der Waals surface area contributed by atoms with Crippen LogP contribution in [0.5, 0.6) is 0 Å². The summed E-state index contributed by atoms with van der Waals surface area (Å²) >= 11 is 0. The molecular weight excluding hydrogens is 565 g/mol. The van der Waals surface area contributed by atoms with Crippen molar-refractivity contribution in [3.63, 3.8) is 0 Å². The maximum absolute atomic E-state index is 14.4. The van der Waals surface area contributed by atoms with Gasteiger partial charge in [0.2, 0.25) is 0 Å². The van der Waals surface area contributed by atoms with Crippen molar-refractivity contribution >= 4 is 28.8 Å². The van der Waals surface area contributed by atoms with Gasteiger partial charge in [0.1, 0.15) is 5.78 Å². The highest BCUT2D eigenvalue weighted by Gasteiger charge is 2.22. The van der Waals surface area contributed by atoms with Crippen molar-refractivity contribution in [3.05, 3.63) is 89.0 Å². The molecule has 1 amide bonds. The van der Waals surface area contributed by atoms with E-state index in [1.54, 1.807) is 6.07 Å². The van der Waals surface area contributed by atoms with Gasteiger partial charge in [0.05, 0.1) is 0 Å². The molecule has 2 aromatic carbocycles. The Morgan fingerprint density at radius 3 is 2.56 bits per heavy atom. The molecule has 6 nitrogen and oxygen atoms in total. The number of carbonyl (C=O) groups excluding carboxylic acids is 3. The summed E-state index contributed by atoms with van der Waals surface area (Å²) in [6.45, 7) is 4.19. The number of benzene rings is 2. The second kappa shape index (κ2) is 15.9. The molecule has 1 atom stereocenters. The van der Waals surface area contributed by atoms with Crippen LogP contribution in [0, 0.1) is 24.6 Å². The lowest BCUT2D eigenvalue weighted by molar-refractivity contribution is -0.121. The molecule has 1 unspecified atom stereocenters. The molecule has 0 radical (unpaired) electrons. The number of aryl methyl sites for hydroxylation is 2. The van der Waals surface area contributed by atoms with E-state index in [1.807, 2.05) is 12.1 Å². The van der Waals surface area contributed by atoms with Crippen LogP contribution >= 0.6 is 0 Å². The van der Waals surface area contributed by atoms with Crippen molar-refractivity contribution in [2.45, 2.75) is 90.4 Å². The van der Waals surface area contributed by atoms with Gasteiger partial charge >= 0.3 is 0 Å². The normalized spacial score (nSPS) is 17.3. The third-order valence-electron chi connectivity index (χ3n) is 9.65. The summed E-state index contributed by atoms with van der Waals surface area (Å²) in [6.07, 6.45) is 13.2. The molecule has 2 heterocycles. The number of anilines is 2. The molecule has 7 heteroatoms. The first-order chi connectivity index (χ1) is 21.9. The molecule has 238 valence electrons. The third kappa shape index (κ3) is 9.09. The average molecular weight is 612 g/mol. The number of amides is 1. The third-order valence-corrected chi connectivity index (χ3v) is 9.65. The summed E-state index contributed by atoms with van der Waals surface area (Å²) in [6, 6.07) is 16.8. The van der Waals surface area contributed by atoms with E-state index in [-0.39, 0.29) is 11.5 Å². The number of unbranched alkanes of at least 4 members (excludes halogenated alkanes) is 2. The quantitative estimate of drug-likeness (QED) is 0.155. The zero-order valence-electron chi connectivity index (χ0n) is 26.5. The predicted octanol–water partition coefficient (Wildman–Crippen LogP) is 8.52. The second-order valence-electron chi connectivity index (χ2n) is 12.9. The topological polar surface area (TPSA) is 79.4 Å². The number of pyridine rings is 1. The summed E-state index contributed by atoms with van der Waals surface area (Å²) in [5.41, 5.74) is 4.40. The summed E-state index contributed by atoms with van der Waals surface area (Å²) < 4.78 is 14.4. The Balaban J connectivity index is 1.19. The van der Waals surface area contributed by atoms with Crippen molar-refractivity contribution in [1.29, 1.82) is 0 Å². The molecule has 45 heavy (non-hydrogen) atoms. The number of para-hydroxylation sites is 1. The molecule has 1 saturated heterocycles. The molecule has 1 aromatic heterocycles. The molecule has 1 N–H and O–H groups in total. The van der Waals surface area contributed by atoms with E-state index < -0.39 is 11.7 Å². The van der Waals surface area contributed by atoms with Crippen LogP contribution in [0.15, 0.2) is 60.8 Å². The molecular formula is C38H46FN3O3. The van der Waals surface area contributed by atoms with Gasteiger partial charge in [-0.3, -0.25) is 14.4 Å². The number of hydrogen-bond donors (Lipinski definition) is 1. The Morgan fingerprint density at radius 2 is 1.78 bits per heavy atom. The lowest BCUT2D eigenvalue weighted by Crippen LogP contribution is -2.34. The van der Waals surface area contributed by atoms with Gasteiger partial charge in [-0.25, -0.2) is 9.37 Å². The summed E-state index contributed by atoms with van der Waals surface area (Å²) in [5, 5.41) is 2.87. The van der Waals surface area contributed by atoms with Crippen LogP contribution in [0.25, 0.3) is 0 Å². The molecule has 1 aliphatic carbocycles. The fourth-order valence-corrected chi connectivity index (χ4v) is 6.96. The van der Waals surface area contributed by atoms with Crippen LogP contribution in [-0.2, 0) is 11.2 Å². The van der Waals surface area contributed by atoms with Gasteiger partial charge in [0.25, 0.3) is 5.91 Å². The van der Waals surface area contributed by atoms with Crippen molar-refractivity contribution in [2.24, 2.45) is 11.8 Å². The number of aromatic nitrogens is 1. The second-order valence-corrected chi connectivity index (χ2v) is 12.9. The summed E-state index contributed by atoms with van der Waals surface area (Å²) in [4.78, 5) is 44.3. The van der Waals surface area contributed by atoms with Crippen molar-refractivity contribution in [2.75, 3.05) is 23.3 Å². The molecule has 0 spiro atoms. The summed E-state index contributed by atoms with van der Waals surface area (Å²) in [7, 11) is 0. The van der Waals surface area contributed by atoms with Crippen LogP contribution in [0.3, 0.4) is 0 Å². The number of Topliss-reactive ketones (excluding diaryl/α,β-unsaturated/α-hetero) is 2. The Bertz CT molecular complexity index is 1480. The SMILES string of the molecule is Cc1ccccc1N1CCC(CCc2ccc(C(=O)CCCCCC3CCCC(=O)C3)cc2NC(=O)c2ncccc2F)CC1. The van der Waals surface area contributed by atoms with E-state index in [0.29, 0.717) is 35.3 Å². The first kappa shape index (κ1) is 32.5. The van der Waals surface area contributed by atoms with E-state index in [1.165, 1.54) is 29.6 Å². The average Bonchev–Trinajstić information content (AvgIpc) is 3.04. The van der Waals surface area contributed by atoms with E-state index in [2.05, 4.69) is 46.4 Å². The van der Waals surface area contributed by atoms with Gasteiger partial charge in [0.15, 0.2) is 17.3 Å². The maximum atomic E-state index is 14.4. The minimum Gasteiger partial charge on any atom is -0.371 e. The molecule has 2 fully saturated rings. The number of rotatable bonds is 13. The largest absolute Gasteiger partial charge is 0.371 e. The van der Waals surface area contributed by atoms with E-state index in [9.17, 15) is 18.8 Å². The van der Waals surface area contributed by atoms with Gasteiger partial charge in [-0.2, -0.15) is 0 Å². The van der Waals surface area contributed by atoms with E-state index >= 15 is 0 Å². The van der Waals surface area contributed by atoms with Gasteiger partial charge < -0.3 is 10.2 Å². The molecule has 1 aliphatic heterocycles. The highest BCUT2D eigenvalue weighted by Crippen LogP contribution is 2.30. The fourth-order valence-electron chi connectivity index (χ4n) is 6.96. The minimum absolute atomic E-state index is 0.0393. The van der Waals surface area contributed by atoms with Crippen molar-refractivity contribution in [3.8, 4) is 0 Å². The van der Waals surface area contributed by atoms with Gasteiger partial charge in [-0.05, 0) is 99.1 Å². The maximum Gasteiger partial charge on any atom is 0.277 e. The van der Waals surface area contributed by atoms with Gasteiger partial charge in [-0.1, -0.05) is 49.6 Å². The zero-order chi connectivity index (χ0) is 31.6. The van der Waals surface area contributed by atoms with Crippen LogP contribution in [0.2, 0.25) is 0 Å². The van der Waals surface area contributed by atoms with E-state index in [0.717, 1.165) is 95.7 Å². The van der Waals surface area contributed by atoms with Crippen LogP contribution < -0.4 is 10.2 Å². The number of nitrogens with zero attached hydrogens (tertiary/aromatic N) is 2. The predicted molar refractivity (Wildman–Crippen MR) is 177 cm³/mol. The highest BCUT2D eigenvalue weighted by molar-refractivity contribution is 6.04. The number of ketones is 2. The minimum atomic E-state index is -0.679. The molecule has 5 rings (SSSR count). The Hall–Kier alpha value is -3.87. The fraction of sp³-hybridized carbons (Fsp3) is 0.474. The zero-order valence-corrected chi connectivity index (χ0v) is 26.5. The Kier molecular flexibility index (Phi) is 11.5. The Labute approximate surface area is 266 Å².